The summed E-state index contributed by atoms with van der Waals surface area (Å²) in [6, 6.07) is 0. The molecule has 0 bridgehead atoms. The van der Waals surface area contributed by atoms with Crippen molar-refractivity contribution in [2.45, 2.75) is 91.8 Å². The lowest BCUT2D eigenvalue weighted by Crippen LogP contribution is -2.50. The van der Waals surface area contributed by atoms with Gasteiger partial charge in [0, 0.05) is 20.3 Å². The molecule has 160 valence electrons. The van der Waals surface area contributed by atoms with Crippen molar-refractivity contribution in [2.75, 3.05) is 0 Å². The van der Waals surface area contributed by atoms with Crippen molar-refractivity contribution in [3.05, 3.63) is 23.3 Å². The van der Waals surface area contributed by atoms with Crippen LogP contribution in [0.2, 0.25) is 0 Å². The predicted octanol–water partition coefficient (Wildman–Crippen LogP) is 5.37. The van der Waals surface area contributed by atoms with E-state index in [4.69, 9.17) is 9.47 Å². The number of hydrogen-bond donors (Lipinski definition) is 0. The van der Waals surface area contributed by atoms with E-state index in [1.54, 1.807) is 0 Å². The fraction of sp³-hybridized carbons (Fsp3) is 0.760. The van der Waals surface area contributed by atoms with Gasteiger partial charge in [0.1, 0.15) is 12.2 Å². The maximum Gasteiger partial charge on any atom is 0.303 e. The monoisotopic (exact) mass is 400 g/mol. The number of hydrogen-bond acceptors (Lipinski definition) is 4. The van der Waals surface area contributed by atoms with E-state index in [0.717, 1.165) is 32.1 Å². The highest BCUT2D eigenvalue weighted by Crippen LogP contribution is 2.65. The summed E-state index contributed by atoms with van der Waals surface area (Å²) in [5, 5.41) is 0. The Kier molecular flexibility index (Phi) is 5.19. The fourth-order valence-corrected chi connectivity index (χ4v) is 7.51. The second kappa shape index (κ2) is 7.28. The Labute approximate surface area is 175 Å². The van der Waals surface area contributed by atoms with Crippen molar-refractivity contribution in [3.8, 4) is 0 Å². The summed E-state index contributed by atoms with van der Waals surface area (Å²) in [5.41, 5.74) is 3.26. The minimum absolute atomic E-state index is 0.0570. The van der Waals surface area contributed by atoms with Gasteiger partial charge in [0.15, 0.2) is 0 Å². The molecule has 4 heteroatoms. The topological polar surface area (TPSA) is 52.6 Å². The van der Waals surface area contributed by atoms with Crippen LogP contribution in [0.4, 0.5) is 0 Å². The first-order valence-corrected chi connectivity index (χ1v) is 11.4. The van der Waals surface area contributed by atoms with E-state index >= 15 is 0 Å². The number of fused-ring (bicyclic) bond motifs is 5. The third-order valence-electron chi connectivity index (χ3n) is 8.81. The molecule has 7 atom stereocenters. The van der Waals surface area contributed by atoms with Crippen molar-refractivity contribution in [1.29, 1.82) is 0 Å². The van der Waals surface area contributed by atoms with Crippen LogP contribution in [0.5, 0.6) is 0 Å². The van der Waals surface area contributed by atoms with Crippen LogP contribution in [0.1, 0.15) is 79.6 Å². The smallest absolute Gasteiger partial charge is 0.303 e. The van der Waals surface area contributed by atoms with Gasteiger partial charge in [-0.25, -0.2) is 0 Å². The number of ether oxygens (including phenoxy) is 2. The number of rotatable bonds is 3. The molecule has 0 aromatic heterocycles. The van der Waals surface area contributed by atoms with E-state index in [2.05, 4.69) is 26.0 Å². The van der Waals surface area contributed by atoms with Crippen molar-refractivity contribution in [1.82, 2.24) is 0 Å². The van der Waals surface area contributed by atoms with Gasteiger partial charge in [0.25, 0.3) is 0 Å². The predicted molar refractivity (Wildman–Crippen MR) is 112 cm³/mol. The Hall–Kier alpha value is -1.58. The van der Waals surface area contributed by atoms with Gasteiger partial charge in [0.05, 0.1) is 0 Å². The number of carbonyl (C=O) groups is 2. The normalized spacial score (nSPS) is 41.8. The molecule has 2 saturated carbocycles. The first-order valence-electron chi connectivity index (χ1n) is 11.4. The molecule has 0 radical (unpaired) electrons. The minimum atomic E-state index is -0.193. The largest absolute Gasteiger partial charge is 0.462 e. The molecule has 0 N–H and O–H groups in total. The van der Waals surface area contributed by atoms with E-state index in [1.807, 2.05) is 6.92 Å². The molecule has 0 aromatic carbocycles. The number of carbonyl (C=O) groups excluding carboxylic acids is 2. The highest BCUT2D eigenvalue weighted by molar-refractivity contribution is 5.66. The molecule has 0 heterocycles. The van der Waals surface area contributed by atoms with E-state index in [0.29, 0.717) is 17.8 Å². The Balaban J connectivity index is 1.55. The summed E-state index contributed by atoms with van der Waals surface area (Å²) in [6.07, 6.45) is 12.4. The second-order valence-electron chi connectivity index (χ2n) is 10.3. The SMILES string of the molecule is CC(=O)O[C@@H]1CC[C@@]2(C)C(=CC[C@@H]3[C@@H]2CC[C@]2(C)C([C@H](C)OC(C)=O)=CC[C@@H]32)C1. The van der Waals surface area contributed by atoms with Gasteiger partial charge in [0.2, 0.25) is 0 Å². The summed E-state index contributed by atoms with van der Waals surface area (Å²) in [6.45, 7) is 9.92. The molecule has 0 saturated heterocycles. The van der Waals surface area contributed by atoms with Crippen molar-refractivity contribution < 1.29 is 19.1 Å². The molecule has 0 spiro atoms. The lowest BCUT2D eigenvalue weighted by atomic mass is 9.47. The van der Waals surface area contributed by atoms with Gasteiger partial charge in [-0.2, -0.15) is 0 Å². The van der Waals surface area contributed by atoms with Crippen LogP contribution in [-0.4, -0.2) is 24.1 Å². The highest BCUT2D eigenvalue weighted by atomic mass is 16.5. The molecule has 4 aliphatic rings. The molecule has 4 aliphatic carbocycles. The number of esters is 2. The molecule has 4 nitrogen and oxygen atoms in total. The van der Waals surface area contributed by atoms with Gasteiger partial charge in [-0.05, 0) is 79.6 Å². The Bertz CT molecular complexity index is 765. The maximum atomic E-state index is 11.5. The minimum Gasteiger partial charge on any atom is -0.462 e. The fourth-order valence-electron chi connectivity index (χ4n) is 7.51. The molecule has 0 aliphatic heterocycles. The molecule has 0 aromatic rings. The molecule has 2 fully saturated rings. The van der Waals surface area contributed by atoms with Crippen molar-refractivity contribution >= 4 is 11.9 Å². The molecule has 0 unspecified atom stereocenters. The zero-order chi connectivity index (χ0) is 21.0. The van der Waals surface area contributed by atoms with Crippen LogP contribution in [-0.2, 0) is 19.1 Å². The highest BCUT2D eigenvalue weighted by Gasteiger charge is 2.57. The van der Waals surface area contributed by atoms with Crippen molar-refractivity contribution in [3.63, 3.8) is 0 Å². The summed E-state index contributed by atoms with van der Waals surface area (Å²) < 4.78 is 11.1. The van der Waals surface area contributed by atoms with Gasteiger partial charge in [-0.3, -0.25) is 9.59 Å². The quantitative estimate of drug-likeness (QED) is 0.472. The number of allylic oxidation sites excluding steroid dienone is 2. The van der Waals surface area contributed by atoms with Crippen LogP contribution in [0.3, 0.4) is 0 Å². The lowest BCUT2D eigenvalue weighted by Gasteiger charge is -2.58. The van der Waals surface area contributed by atoms with Gasteiger partial charge in [-0.15, -0.1) is 0 Å². The van der Waals surface area contributed by atoms with Crippen LogP contribution in [0.25, 0.3) is 0 Å². The average molecular weight is 401 g/mol. The summed E-state index contributed by atoms with van der Waals surface area (Å²) in [7, 11) is 0. The average Bonchev–Trinajstić information content (AvgIpc) is 2.98. The maximum absolute atomic E-state index is 11.5. The van der Waals surface area contributed by atoms with E-state index in [-0.39, 0.29) is 35.0 Å². The molecule has 0 amide bonds. The zero-order valence-corrected chi connectivity index (χ0v) is 18.6. The first-order chi connectivity index (χ1) is 13.6. The Morgan fingerprint density at radius 2 is 1.72 bits per heavy atom. The Morgan fingerprint density at radius 1 is 1.00 bits per heavy atom. The van der Waals surface area contributed by atoms with E-state index in [9.17, 15) is 9.59 Å². The Morgan fingerprint density at radius 3 is 2.41 bits per heavy atom. The van der Waals surface area contributed by atoms with Crippen LogP contribution in [0.15, 0.2) is 23.3 Å². The summed E-state index contributed by atoms with van der Waals surface area (Å²) in [5.74, 6) is 1.67. The van der Waals surface area contributed by atoms with Gasteiger partial charge >= 0.3 is 11.9 Å². The summed E-state index contributed by atoms with van der Waals surface area (Å²) >= 11 is 0. The third kappa shape index (κ3) is 3.37. The van der Waals surface area contributed by atoms with Gasteiger partial charge < -0.3 is 9.47 Å². The van der Waals surface area contributed by atoms with E-state index < -0.39 is 0 Å². The third-order valence-corrected chi connectivity index (χ3v) is 8.81. The van der Waals surface area contributed by atoms with E-state index in [1.165, 1.54) is 37.8 Å². The lowest BCUT2D eigenvalue weighted by molar-refractivity contribution is -0.149. The van der Waals surface area contributed by atoms with Gasteiger partial charge in [-0.1, -0.05) is 31.6 Å². The molecule has 29 heavy (non-hydrogen) atoms. The first kappa shape index (κ1) is 20.7. The standard InChI is InChI=1S/C25H36O4/c1-15(28-16(2)26)21-8-9-22-20-7-6-18-14-19(29-17(3)27)10-12-24(18,4)23(20)11-13-25(21,22)5/h6,8,15,19-20,22-23H,7,9-14H2,1-5H3/t15-,19+,20-,22-,23-,24-,25+/m0/s1. The van der Waals surface area contributed by atoms with Crippen molar-refractivity contribution in [2.24, 2.45) is 28.6 Å². The summed E-state index contributed by atoms with van der Waals surface area (Å²) in [4.78, 5) is 22.9. The molecular formula is C25H36O4. The van der Waals surface area contributed by atoms with Crippen LogP contribution in [0, 0.1) is 28.6 Å². The second-order valence-corrected chi connectivity index (χ2v) is 10.3. The van der Waals surface area contributed by atoms with Crippen LogP contribution < -0.4 is 0 Å². The van der Waals surface area contributed by atoms with Crippen LogP contribution >= 0.6 is 0 Å². The molecular weight excluding hydrogens is 364 g/mol. The molecule has 4 rings (SSSR count). The zero-order valence-electron chi connectivity index (χ0n) is 18.6.